The topological polar surface area (TPSA) is 17.1 Å². The van der Waals surface area contributed by atoms with E-state index in [1.54, 1.807) is 24.3 Å². The third-order valence-electron chi connectivity index (χ3n) is 2.42. The van der Waals surface area contributed by atoms with E-state index < -0.39 is 11.6 Å². The van der Waals surface area contributed by atoms with Gasteiger partial charge >= 0.3 is 0 Å². The molecule has 0 unspecified atom stereocenters. The number of halogens is 3. The summed E-state index contributed by atoms with van der Waals surface area (Å²) in [6.45, 7) is 0. The molecule has 1 nitrogen and oxygen atoms in total. The fraction of sp³-hybridized carbons (Fsp3) is 0.0714. The Balaban J connectivity index is 2.02. The highest BCUT2D eigenvalue weighted by molar-refractivity contribution is 8.00. The summed E-state index contributed by atoms with van der Waals surface area (Å²) in [5.74, 6) is -1.34. The Morgan fingerprint density at radius 2 is 1.79 bits per heavy atom. The summed E-state index contributed by atoms with van der Waals surface area (Å²) in [6.07, 6.45) is 0. The molecule has 0 atom stereocenters. The molecule has 0 aliphatic carbocycles. The van der Waals surface area contributed by atoms with E-state index in [9.17, 15) is 13.6 Å². The van der Waals surface area contributed by atoms with Gasteiger partial charge in [0, 0.05) is 21.5 Å². The maximum atomic E-state index is 13.4. The molecule has 0 saturated carbocycles. The minimum absolute atomic E-state index is 0.0875. The van der Waals surface area contributed by atoms with Crippen molar-refractivity contribution < 1.29 is 13.6 Å². The van der Waals surface area contributed by atoms with Gasteiger partial charge in [-0.05, 0) is 36.4 Å². The molecule has 0 fully saturated rings. The highest BCUT2D eigenvalue weighted by atomic mass is 35.5. The van der Waals surface area contributed by atoms with Gasteiger partial charge in [0.15, 0.2) is 5.78 Å². The van der Waals surface area contributed by atoms with Gasteiger partial charge < -0.3 is 0 Å². The van der Waals surface area contributed by atoms with Gasteiger partial charge in [0.1, 0.15) is 11.6 Å². The highest BCUT2D eigenvalue weighted by Gasteiger charge is 2.09. The molecule has 0 spiro atoms. The van der Waals surface area contributed by atoms with E-state index in [1.165, 1.54) is 6.07 Å². The molecule has 0 aliphatic heterocycles. The molecule has 19 heavy (non-hydrogen) atoms. The Labute approximate surface area is 118 Å². The number of Topliss-reactive ketones (excluding diaryl/α,β-unsaturated/α-hetero) is 1. The molecule has 0 aromatic heterocycles. The lowest BCUT2D eigenvalue weighted by atomic mass is 10.1. The van der Waals surface area contributed by atoms with Crippen molar-refractivity contribution in [1.82, 2.24) is 0 Å². The van der Waals surface area contributed by atoms with Gasteiger partial charge in [-0.15, -0.1) is 11.8 Å². The second kappa shape index (κ2) is 6.17. The molecule has 0 radical (unpaired) electrons. The first kappa shape index (κ1) is 14.0. The average molecular weight is 299 g/mol. The second-order valence-electron chi connectivity index (χ2n) is 3.79. The van der Waals surface area contributed by atoms with Crippen LogP contribution in [0.2, 0.25) is 5.02 Å². The van der Waals surface area contributed by atoms with Crippen molar-refractivity contribution in [2.24, 2.45) is 0 Å². The quantitative estimate of drug-likeness (QED) is 0.606. The monoisotopic (exact) mass is 298 g/mol. The zero-order valence-corrected chi connectivity index (χ0v) is 11.3. The number of hydrogen-bond donors (Lipinski definition) is 0. The third kappa shape index (κ3) is 3.78. The molecule has 0 bridgehead atoms. The predicted octanol–water partition coefficient (Wildman–Crippen LogP) is 4.59. The van der Waals surface area contributed by atoms with Crippen LogP contribution in [-0.2, 0) is 0 Å². The van der Waals surface area contributed by atoms with Crippen LogP contribution in [0.5, 0.6) is 0 Å². The Morgan fingerprint density at radius 3 is 2.42 bits per heavy atom. The normalized spacial score (nSPS) is 10.5. The zero-order valence-electron chi connectivity index (χ0n) is 9.70. The summed E-state index contributed by atoms with van der Waals surface area (Å²) >= 11 is 6.76. The lowest BCUT2D eigenvalue weighted by molar-refractivity contribution is 0.102. The fourth-order valence-corrected chi connectivity index (χ4v) is 2.40. The van der Waals surface area contributed by atoms with Crippen molar-refractivity contribution in [3.8, 4) is 0 Å². The maximum Gasteiger partial charge on any atom is 0.173 e. The number of carbonyl (C=O) groups is 1. The van der Waals surface area contributed by atoms with Crippen LogP contribution < -0.4 is 0 Å². The zero-order chi connectivity index (χ0) is 13.8. The van der Waals surface area contributed by atoms with Gasteiger partial charge in [0.25, 0.3) is 0 Å². The van der Waals surface area contributed by atoms with Gasteiger partial charge in [-0.3, -0.25) is 4.79 Å². The number of benzene rings is 2. The van der Waals surface area contributed by atoms with Crippen LogP contribution >= 0.6 is 23.4 Å². The molecule has 5 heteroatoms. The Hall–Kier alpha value is -1.39. The average Bonchev–Trinajstić information content (AvgIpc) is 2.38. The summed E-state index contributed by atoms with van der Waals surface area (Å²) in [5, 5.41) is 0.550. The molecule has 0 aliphatic rings. The van der Waals surface area contributed by atoms with Crippen LogP contribution in [0.25, 0.3) is 0 Å². The van der Waals surface area contributed by atoms with E-state index in [1.807, 2.05) is 0 Å². The highest BCUT2D eigenvalue weighted by Crippen LogP contribution is 2.23. The van der Waals surface area contributed by atoms with Crippen LogP contribution in [0.1, 0.15) is 10.4 Å². The molecule has 0 heterocycles. The van der Waals surface area contributed by atoms with Crippen molar-refractivity contribution >= 4 is 29.1 Å². The molecule has 2 aromatic rings. The molecule has 0 saturated heterocycles. The molecule has 0 N–H and O–H groups in total. The van der Waals surface area contributed by atoms with E-state index in [0.29, 0.717) is 10.6 Å². The van der Waals surface area contributed by atoms with Gasteiger partial charge in [-0.25, -0.2) is 8.78 Å². The lowest BCUT2D eigenvalue weighted by Gasteiger charge is -2.03. The molecular weight excluding hydrogens is 290 g/mol. The van der Waals surface area contributed by atoms with Crippen LogP contribution in [0, 0.1) is 11.6 Å². The minimum atomic E-state index is -0.658. The summed E-state index contributed by atoms with van der Waals surface area (Å²) in [4.78, 5) is 12.1. The van der Waals surface area contributed by atoms with Gasteiger partial charge in [-0.1, -0.05) is 11.6 Å². The van der Waals surface area contributed by atoms with Crippen LogP contribution in [0.3, 0.4) is 0 Å². The van der Waals surface area contributed by atoms with Crippen LogP contribution in [0.15, 0.2) is 47.4 Å². The molecule has 2 rings (SSSR count). The predicted molar refractivity (Wildman–Crippen MR) is 72.9 cm³/mol. The standard InChI is InChI=1S/C14H9ClF2OS/c15-10-3-1-9(2-4-10)13(18)8-19-14-6-5-11(16)7-12(14)17/h1-7H,8H2. The van der Waals surface area contributed by atoms with E-state index in [-0.39, 0.29) is 16.4 Å². The van der Waals surface area contributed by atoms with Crippen molar-refractivity contribution in [1.29, 1.82) is 0 Å². The molecular formula is C14H9ClF2OS. The molecule has 0 amide bonds. The first-order valence-electron chi connectivity index (χ1n) is 5.43. The molecule has 98 valence electrons. The first-order valence-corrected chi connectivity index (χ1v) is 6.79. The number of ketones is 1. The summed E-state index contributed by atoms with van der Waals surface area (Å²) in [7, 11) is 0. The third-order valence-corrected chi connectivity index (χ3v) is 3.72. The smallest absolute Gasteiger partial charge is 0.173 e. The van der Waals surface area contributed by atoms with Gasteiger partial charge in [0.2, 0.25) is 0 Å². The lowest BCUT2D eigenvalue weighted by Crippen LogP contribution is -2.02. The largest absolute Gasteiger partial charge is 0.293 e. The number of hydrogen-bond acceptors (Lipinski definition) is 2. The van der Waals surface area contributed by atoms with Gasteiger partial charge in [-0.2, -0.15) is 0 Å². The van der Waals surface area contributed by atoms with Crippen LogP contribution in [0.4, 0.5) is 8.78 Å². The van der Waals surface area contributed by atoms with Crippen molar-refractivity contribution in [3.63, 3.8) is 0 Å². The number of thioether (sulfide) groups is 1. The molecule has 2 aromatic carbocycles. The van der Waals surface area contributed by atoms with Gasteiger partial charge in [0.05, 0.1) is 5.75 Å². The van der Waals surface area contributed by atoms with E-state index in [0.717, 1.165) is 23.9 Å². The summed E-state index contributed by atoms with van der Waals surface area (Å²) in [5.41, 5.74) is 0.513. The summed E-state index contributed by atoms with van der Waals surface area (Å²) < 4.78 is 26.1. The van der Waals surface area contributed by atoms with Crippen LogP contribution in [-0.4, -0.2) is 11.5 Å². The van der Waals surface area contributed by atoms with E-state index >= 15 is 0 Å². The Morgan fingerprint density at radius 1 is 1.11 bits per heavy atom. The van der Waals surface area contributed by atoms with Crippen molar-refractivity contribution in [2.45, 2.75) is 4.90 Å². The second-order valence-corrected chi connectivity index (χ2v) is 5.25. The maximum absolute atomic E-state index is 13.4. The fourth-order valence-electron chi connectivity index (χ4n) is 1.45. The number of rotatable bonds is 4. The van der Waals surface area contributed by atoms with E-state index in [2.05, 4.69) is 0 Å². The van der Waals surface area contributed by atoms with E-state index in [4.69, 9.17) is 11.6 Å². The van der Waals surface area contributed by atoms with Crippen molar-refractivity contribution in [3.05, 3.63) is 64.7 Å². The summed E-state index contributed by atoms with van der Waals surface area (Å²) in [6, 6.07) is 9.77. The number of carbonyl (C=O) groups excluding carboxylic acids is 1. The van der Waals surface area contributed by atoms with Crippen molar-refractivity contribution in [2.75, 3.05) is 5.75 Å². The Bertz CT molecular complexity index is 599. The first-order chi connectivity index (χ1) is 9.06. The minimum Gasteiger partial charge on any atom is -0.293 e. The SMILES string of the molecule is O=C(CSc1ccc(F)cc1F)c1ccc(Cl)cc1. The Kier molecular flexibility index (Phi) is 4.56.